The Morgan fingerprint density at radius 3 is 2.44 bits per heavy atom. The van der Waals surface area contributed by atoms with E-state index in [1.54, 1.807) is 0 Å². The van der Waals surface area contributed by atoms with E-state index >= 15 is 0 Å². The Kier molecular flexibility index (Phi) is 3.83. The quantitative estimate of drug-likeness (QED) is 0.717. The Labute approximate surface area is 98.4 Å². The average Bonchev–Trinajstić information content (AvgIpc) is 2.29. The Hall–Kier alpha value is -1.02. The first-order chi connectivity index (χ1) is 7.85. The van der Waals surface area contributed by atoms with Gasteiger partial charge >= 0.3 is 0 Å². The van der Waals surface area contributed by atoms with E-state index in [0.29, 0.717) is 5.54 Å². The van der Waals surface area contributed by atoms with Crippen molar-refractivity contribution in [2.24, 2.45) is 0 Å². The maximum atomic E-state index is 3.69. The second-order valence-corrected chi connectivity index (χ2v) is 4.71. The molecule has 1 aromatic carbocycles. The fraction of sp³-hybridized carbons (Fsp3) is 0.571. The highest BCUT2D eigenvalue weighted by Crippen LogP contribution is 2.34. The van der Waals surface area contributed by atoms with Gasteiger partial charge in [-0.1, -0.05) is 25.1 Å². The van der Waals surface area contributed by atoms with Crippen molar-refractivity contribution in [2.75, 3.05) is 18.4 Å². The zero-order valence-electron chi connectivity index (χ0n) is 10.1. The van der Waals surface area contributed by atoms with Crippen molar-refractivity contribution in [3.63, 3.8) is 0 Å². The fourth-order valence-electron chi connectivity index (χ4n) is 2.35. The van der Waals surface area contributed by atoms with Crippen LogP contribution in [0.5, 0.6) is 0 Å². The molecule has 1 fully saturated rings. The van der Waals surface area contributed by atoms with Gasteiger partial charge in [-0.05, 0) is 37.8 Å². The molecule has 0 bridgehead atoms. The highest BCUT2D eigenvalue weighted by atomic mass is 15.0. The summed E-state index contributed by atoms with van der Waals surface area (Å²) >= 11 is 0. The summed E-state index contributed by atoms with van der Waals surface area (Å²) in [7, 11) is 0. The molecule has 0 aliphatic heterocycles. The zero-order valence-corrected chi connectivity index (χ0v) is 10.1. The summed E-state index contributed by atoms with van der Waals surface area (Å²) < 4.78 is 0. The van der Waals surface area contributed by atoms with Gasteiger partial charge in [0.05, 0.1) is 0 Å². The fourth-order valence-corrected chi connectivity index (χ4v) is 2.35. The normalized spacial score (nSPS) is 17.8. The second-order valence-electron chi connectivity index (χ2n) is 4.71. The van der Waals surface area contributed by atoms with Gasteiger partial charge in [-0.25, -0.2) is 0 Å². The van der Waals surface area contributed by atoms with Crippen molar-refractivity contribution in [2.45, 2.75) is 38.1 Å². The monoisotopic (exact) mass is 218 g/mol. The first-order valence-electron chi connectivity index (χ1n) is 6.39. The molecule has 88 valence electrons. The average molecular weight is 218 g/mol. The maximum absolute atomic E-state index is 3.69. The first-order valence-corrected chi connectivity index (χ1v) is 6.39. The summed E-state index contributed by atoms with van der Waals surface area (Å²) in [4.78, 5) is 0. The highest BCUT2D eigenvalue weighted by Gasteiger charge is 2.33. The van der Waals surface area contributed by atoms with Crippen molar-refractivity contribution in [3.05, 3.63) is 30.3 Å². The molecule has 2 N–H and O–H groups in total. The van der Waals surface area contributed by atoms with Gasteiger partial charge in [-0.15, -0.1) is 0 Å². The van der Waals surface area contributed by atoms with Crippen molar-refractivity contribution >= 4 is 5.69 Å². The SMILES string of the molecule is CCC1(NCCNc2ccccc2)CCC1. The van der Waals surface area contributed by atoms with Crippen molar-refractivity contribution < 1.29 is 0 Å². The van der Waals surface area contributed by atoms with E-state index in [-0.39, 0.29) is 0 Å². The van der Waals surface area contributed by atoms with E-state index in [9.17, 15) is 0 Å². The van der Waals surface area contributed by atoms with Crippen LogP contribution in [0.2, 0.25) is 0 Å². The largest absolute Gasteiger partial charge is 0.384 e. The van der Waals surface area contributed by atoms with Crippen LogP contribution in [0.3, 0.4) is 0 Å². The van der Waals surface area contributed by atoms with Gasteiger partial charge in [-0.2, -0.15) is 0 Å². The van der Waals surface area contributed by atoms with Crippen LogP contribution in [0.1, 0.15) is 32.6 Å². The molecule has 2 heteroatoms. The lowest BCUT2D eigenvalue weighted by atomic mass is 9.75. The zero-order chi connectivity index (χ0) is 11.3. The minimum Gasteiger partial charge on any atom is -0.384 e. The molecule has 1 aliphatic carbocycles. The van der Waals surface area contributed by atoms with Crippen molar-refractivity contribution in [1.82, 2.24) is 5.32 Å². The van der Waals surface area contributed by atoms with Gasteiger partial charge in [0.1, 0.15) is 0 Å². The van der Waals surface area contributed by atoms with Gasteiger partial charge in [0, 0.05) is 24.3 Å². The number of hydrogen-bond acceptors (Lipinski definition) is 2. The minimum atomic E-state index is 0.471. The molecule has 2 rings (SSSR count). The summed E-state index contributed by atoms with van der Waals surface area (Å²) in [5.41, 5.74) is 1.68. The van der Waals surface area contributed by atoms with Gasteiger partial charge in [0.25, 0.3) is 0 Å². The smallest absolute Gasteiger partial charge is 0.0340 e. The third kappa shape index (κ3) is 2.76. The summed E-state index contributed by atoms with van der Waals surface area (Å²) in [5, 5.41) is 7.12. The molecule has 1 saturated carbocycles. The second kappa shape index (κ2) is 5.35. The molecule has 0 aromatic heterocycles. The highest BCUT2D eigenvalue weighted by molar-refractivity contribution is 5.42. The Balaban J connectivity index is 1.65. The number of para-hydroxylation sites is 1. The van der Waals surface area contributed by atoms with Crippen LogP contribution in [0, 0.1) is 0 Å². The molecule has 0 heterocycles. The topological polar surface area (TPSA) is 24.1 Å². The molecular formula is C14H22N2. The predicted molar refractivity (Wildman–Crippen MR) is 69.8 cm³/mol. The summed E-state index contributed by atoms with van der Waals surface area (Å²) in [6, 6.07) is 10.4. The van der Waals surface area contributed by atoms with E-state index in [2.05, 4.69) is 41.8 Å². The maximum Gasteiger partial charge on any atom is 0.0340 e. The van der Waals surface area contributed by atoms with Crippen LogP contribution in [0.25, 0.3) is 0 Å². The van der Waals surface area contributed by atoms with E-state index in [1.807, 2.05) is 6.07 Å². The molecule has 2 nitrogen and oxygen atoms in total. The van der Waals surface area contributed by atoms with Gasteiger partial charge in [-0.3, -0.25) is 0 Å². The lowest BCUT2D eigenvalue weighted by molar-refractivity contribution is 0.180. The van der Waals surface area contributed by atoms with Crippen LogP contribution in [-0.2, 0) is 0 Å². The Bertz CT molecular complexity index is 298. The molecule has 0 radical (unpaired) electrons. The predicted octanol–water partition coefficient (Wildman–Crippen LogP) is 3.02. The first kappa shape index (κ1) is 11.5. The molecule has 0 spiro atoms. The molecule has 0 unspecified atom stereocenters. The molecule has 16 heavy (non-hydrogen) atoms. The van der Waals surface area contributed by atoms with Gasteiger partial charge in [0.15, 0.2) is 0 Å². The number of benzene rings is 1. The van der Waals surface area contributed by atoms with Crippen molar-refractivity contribution in [3.8, 4) is 0 Å². The standard InChI is InChI=1S/C14H22N2/c1-2-14(9-6-10-14)16-12-11-15-13-7-4-3-5-8-13/h3-5,7-8,15-16H,2,6,9-12H2,1H3. The van der Waals surface area contributed by atoms with Crippen LogP contribution >= 0.6 is 0 Å². The molecule has 0 amide bonds. The Morgan fingerprint density at radius 1 is 1.12 bits per heavy atom. The third-order valence-electron chi connectivity index (χ3n) is 3.72. The number of anilines is 1. The lowest BCUT2D eigenvalue weighted by Crippen LogP contribution is -2.51. The van der Waals surface area contributed by atoms with E-state index < -0.39 is 0 Å². The van der Waals surface area contributed by atoms with Crippen LogP contribution in [0.15, 0.2) is 30.3 Å². The minimum absolute atomic E-state index is 0.471. The van der Waals surface area contributed by atoms with Crippen LogP contribution in [0.4, 0.5) is 5.69 Å². The molecule has 0 saturated heterocycles. The number of hydrogen-bond donors (Lipinski definition) is 2. The van der Waals surface area contributed by atoms with Crippen LogP contribution < -0.4 is 10.6 Å². The molecule has 0 atom stereocenters. The summed E-state index contributed by atoms with van der Waals surface area (Å²) in [6.07, 6.45) is 5.37. The van der Waals surface area contributed by atoms with Crippen molar-refractivity contribution in [1.29, 1.82) is 0 Å². The lowest BCUT2D eigenvalue weighted by Gasteiger charge is -2.42. The van der Waals surface area contributed by atoms with E-state index in [0.717, 1.165) is 13.1 Å². The Morgan fingerprint density at radius 2 is 1.88 bits per heavy atom. The molecule has 1 aliphatic rings. The molecule has 1 aromatic rings. The van der Waals surface area contributed by atoms with E-state index in [1.165, 1.54) is 31.4 Å². The van der Waals surface area contributed by atoms with Gasteiger partial charge in [0.2, 0.25) is 0 Å². The summed E-state index contributed by atoms with van der Waals surface area (Å²) in [5.74, 6) is 0. The third-order valence-corrected chi connectivity index (χ3v) is 3.72. The molecular weight excluding hydrogens is 196 g/mol. The van der Waals surface area contributed by atoms with Gasteiger partial charge < -0.3 is 10.6 Å². The van der Waals surface area contributed by atoms with Crippen LogP contribution in [-0.4, -0.2) is 18.6 Å². The number of rotatable bonds is 6. The summed E-state index contributed by atoms with van der Waals surface area (Å²) in [6.45, 7) is 4.35. The number of nitrogens with one attached hydrogen (secondary N) is 2. The van der Waals surface area contributed by atoms with E-state index in [4.69, 9.17) is 0 Å².